The molecule has 1 saturated heterocycles. The van der Waals surface area contributed by atoms with Gasteiger partial charge in [-0.05, 0) is 42.3 Å². The van der Waals surface area contributed by atoms with Crippen LogP contribution in [-0.4, -0.2) is 16.5 Å². The lowest BCUT2D eigenvalue weighted by molar-refractivity contribution is 0.446. The van der Waals surface area contributed by atoms with E-state index in [1.165, 1.54) is 11.3 Å². The summed E-state index contributed by atoms with van der Waals surface area (Å²) in [5, 5.41) is 6.66. The fourth-order valence-electron chi connectivity index (χ4n) is 1.46. The van der Waals surface area contributed by atoms with Crippen molar-refractivity contribution in [2.75, 3.05) is 5.75 Å². The summed E-state index contributed by atoms with van der Waals surface area (Å²) in [6.07, 6.45) is 1.20. The molecule has 1 aliphatic rings. The first-order valence-corrected chi connectivity index (χ1v) is 7.89. The van der Waals surface area contributed by atoms with Gasteiger partial charge in [0.2, 0.25) is 0 Å². The first kappa shape index (κ1) is 12.5. The van der Waals surface area contributed by atoms with Gasteiger partial charge < -0.3 is 5.32 Å². The van der Waals surface area contributed by atoms with Crippen molar-refractivity contribution < 1.29 is 0 Å². The highest BCUT2D eigenvalue weighted by Gasteiger charge is 2.23. The van der Waals surface area contributed by atoms with Crippen LogP contribution in [0, 0.1) is 0 Å². The summed E-state index contributed by atoms with van der Waals surface area (Å²) in [5.41, 5.74) is 0.195. The van der Waals surface area contributed by atoms with Crippen molar-refractivity contribution in [1.82, 2.24) is 5.32 Å². The first-order chi connectivity index (χ1) is 7.55. The van der Waals surface area contributed by atoms with Gasteiger partial charge in [0.05, 0.1) is 6.54 Å². The quantitative estimate of drug-likeness (QED) is 0.895. The van der Waals surface area contributed by atoms with Gasteiger partial charge >= 0.3 is 0 Å². The molecule has 2 nitrogen and oxygen atoms in total. The average Bonchev–Trinajstić information content (AvgIpc) is 2.60. The van der Waals surface area contributed by atoms with Crippen LogP contribution in [-0.2, 0) is 6.54 Å². The molecule has 5 heteroatoms. The molecule has 0 saturated carbocycles. The van der Waals surface area contributed by atoms with Crippen molar-refractivity contribution in [1.29, 1.82) is 0 Å². The molecule has 0 radical (unpaired) electrons. The van der Waals surface area contributed by atoms with Crippen molar-refractivity contribution in [2.24, 2.45) is 4.99 Å². The third-order valence-corrected chi connectivity index (χ3v) is 5.01. The van der Waals surface area contributed by atoms with Gasteiger partial charge in [0.15, 0.2) is 5.17 Å². The van der Waals surface area contributed by atoms with E-state index in [1.54, 1.807) is 11.3 Å². The average molecular weight is 319 g/mol. The molecule has 1 aromatic rings. The number of nitrogens with zero attached hydrogens (tertiary/aromatic N) is 1. The summed E-state index contributed by atoms with van der Waals surface area (Å²) in [6, 6.07) is 2.13. The van der Waals surface area contributed by atoms with Crippen LogP contribution in [0.1, 0.15) is 25.1 Å². The van der Waals surface area contributed by atoms with Gasteiger partial charge in [-0.25, -0.2) is 0 Å². The molecule has 0 unspecified atom stereocenters. The van der Waals surface area contributed by atoms with Gasteiger partial charge in [0, 0.05) is 26.0 Å². The van der Waals surface area contributed by atoms with Gasteiger partial charge in [0.1, 0.15) is 0 Å². The van der Waals surface area contributed by atoms with Crippen LogP contribution in [0.3, 0.4) is 0 Å². The molecule has 0 amide bonds. The second-order valence-electron chi connectivity index (χ2n) is 4.46. The predicted octanol–water partition coefficient (Wildman–Crippen LogP) is 3.87. The van der Waals surface area contributed by atoms with E-state index in [0.29, 0.717) is 0 Å². The van der Waals surface area contributed by atoms with E-state index in [9.17, 15) is 0 Å². The van der Waals surface area contributed by atoms with E-state index in [4.69, 9.17) is 0 Å². The number of thioether (sulfide) groups is 1. The zero-order chi connectivity index (χ0) is 11.6. The van der Waals surface area contributed by atoms with E-state index in [1.807, 2.05) is 11.8 Å². The second-order valence-corrected chi connectivity index (χ2v) is 7.46. The third-order valence-electron chi connectivity index (χ3n) is 2.41. The van der Waals surface area contributed by atoms with Crippen molar-refractivity contribution in [3.05, 3.63) is 20.8 Å². The normalized spacial score (nSPS) is 22.1. The summed E-state index contributed by atoms with van der Waals surface area (Å²) in [5.74, 6) is 1.16. The smallest absolute Gasteiger partial charge is 0.157 e. The lowest BCUT2D eigenvalue weighted by Gasteiger charge is -2.32. The Morgan fingerprint density at radius 2 is 2.38 bits per heavy atom. The maximum atomic E-state index is 4.62. The molecular formula is C11H15BrN2S2. The van der Waals surface area contributed by atoms with Crippen molar-refractivity contribution in [3.63, 3.8) is 0 Å². The van der Waals surface area contributed by atoms with E-state index in [2.05, 4.69) is 51.5 Å². The zero-order valence-corrected chi connectivity index (χ0v) is 12.6. The minimum atomic E-state index is 0.195. The monoisotopic (exact) mass is 318 g/mol. The molecule has 2 heterocycles. The lowest BCUT2D eigenvalue weighted by atomic mass is 10.0. The molecule has 1 N–H and O–H groups in total. The van der Waals surface area contributed by atoms with Crippen LogP contribution in [0.5, 0.6) is 0 Å². The van der Waals surface area contributed by atoms with Crippen LogP contribution < -0.4 is 5.32 Å². The lowest BCUT2D eigenvalue weighted by Crippen LogP contribution is -2.46. The van der Waals surface area contributed by atoms with E-state index in [-0.39, 0.29) is 5.54 Å². The number of rotatable bonds is 2. The van der Waals surface area contributed by atoms with Crippen molar-refractivity contribution in [2.45, 2.75) is 32.4 Å². The van der Waals surface area contributed by atoms with Crippen LogP contribution in [0.4, 0.5) is 0 Å². The molecule has 0 bridgehead atoms. The minimum absolute atomic E-state index is 0.195. The highest BCUT2D eigenvalue weighted by molar-refractivity contribution is 9.10. The molecule has 88 valence electrons. The molecule has 0 aromatic carbocycles. The SMILES string of the molecule is CC1(C)CCSC(=NCc2cc(Br)cs2)N1. The Labute approximate surface area is 113 Å². The van der Waals surface area contributed by atoms with Gasteiger partial charge in [-0.15, -0.1) is 11.3 Å². The molecule has 16 heavy (non-hydrogen) atoms. The van der Waals surface area contributed by atoms with E-state index >= 15 is 0 Å². The summed E-state index contributed by atoms with van der Waals surface area (Å²) < 4.78 is 1.15. The largest absolute Gasteiger partial charge is 0.360 e. The number of thiophene rings is 1. The third kappa shape index (κ3) is 3.50. The standard InChI is InChI=1S/C11H15BrN2S2/c1-11(2)3-4-15-10(14-11)13-6-9-5-8(12)7-16-9/h5,7H,3-4,6H2,1-2H3,(H,13,14). The predicted molar refractivity (Wildman–Crippen MR) is 77.4 cm³/mol. The molecule has 1 aliphatic heterocycles. The highest BCUT2D eigenvalue weighted by atomic mass is 79.9. The Hall–Kier alpha value is -0.0000000000000000833. The van der Waals surface area contributed by atoms with Gasteiger partial charge in [-0.2, -0.15) is 0 Å². The number of amidine groups is 1. The minimum Gasteiger partial charge on any atom is -0.360 e. The Kier molecular flexibility index (Phi) is 3.97. The first-order valence-electron chi connectivity index (χ1n) is 5.23. The van der Waals surface area contributed by atoms with Crippen molar-refractivity contribution >= 4 is 44.2 Å². The molecule has 0 aliphatic carbocycles. The molecular weight excluding hydrogens is 304 g/mol. The molecule has 1 fully saturated rings. The van der Waals surface area contributed by atoms with Crippen LogP contribution in [0.25, 0.3) is 0 Å². The summed E-state index contributed by atoms with van der Waals surface area (Å²) in [6.45, 7) is 5.23. The number of nitrogens with one attached hydrogen (secondary N) is 1. The van der Waals surface area contributed by atoms with Crippen molar-refractivity contribution in [3.8, 4) is 0 Å². The molecule has 2 rings (SSSR count). The zero-order valence-electron chi connectivity index (χ0n) is 9.42. The summed E-state index contributed by atoms with van der Waals surface area (Å²) >= 11 is 7.03. The highest BCUT2D eigenvalue weighted by Crippen LogP contribution is 2.23. The Balaban J connectivity index is 1.97. The fraction of sp³-hybridized carbons (Fsp3) is 0.545. The van der Waals surface area contributed by atoms with Crippen LogP contribution in [0.15, 0.2) is 20.9 Å². The number of aliphatic imine (C=N–C) groups is 1. The van der Waals surface area contributed by atoms with Crippen LogP contribution in [0.2, 0.25) is 0 Å². The molecule has 1 aromatic heterocycles. The maximum Gasteiger partial charge on any atom is 0.157 e. The number of halogens is 1. The number of hydrogen-bond donors (Lipinski definition) is 1. The van der Waals surface area contributed by atoms with Gasteiger partial charge in [-0.3, -0.25) is 4.99 Å². The van der Waals surface area contributed by atoms with Gasteiger partial charge in [0.25, 0.3) is 0 Å². The molecule has 0 spiro atoms. The topological polar surface area (TPSA) is 24.4 Å². The fourth-order valence-corrected chi connectivity index (χ4v) is 4.15. The van der Waals surface area contributed by atoms with E-state index < -0.39 is 0 Å². The summed E-state index contributed by atoms with van der Waals surface area (Å²) in [4.78, 5) is 5.92. The Morgan fingerprint density at radius 1 is 1.56 bits per heavy atom. The number of hydrogen-bond acceptors (Lipinski definition) is 3. The Bertz CT molecular complexity index is 398. The van der Waals surface area contributed by atoms with E-state index in [0.717, 1.165) is 21.9 Å². The van der Waals surface area contributed by atoms with Gasteiger partial charge in [-0.1, -0.05) is 11.8 Å². The molecule has 0 atom stereocenters. The maximum absolute atomic E-state index is 4.62. The second kappa shape index (κ2) is 5.10. The summed E-state index contributed by atoms with van der Waals surface area (Å²) in [7, 11) is 0. The Morgan fingerprint density at radius 3 is 3.00 bits per heavy atom. The van der Waals surface area contributed by atoms with Crippen LogP contribution >= 0.6 is 39.0 Å².